The van der Waals surface area contributed by atoms with Gasteiger partial charge in [0.15, 0.2) is 0 Å². The highest BCUT2D eigenvalue weighted by atomic mass is 16.2. The molecule has 2 N–H and O–H groups in total. The molecule has 0 saturated heterocycles. The Morgan fingerprint density at radius 1 is 1.64 bits per heavy atom. The number of nitrogens with one attached hydrogen (secondary N) is 2. The average molecular weight is 187 g/mol. The summed E-state index contributed by atoms with van der Waals surface area (Å²) in [6.45, 7) is 0. The Bertz CT molecular complexity index is 408. The van der Waals surface area contributed by atoms with Crippen molar-refractivity contribution >= 4 is 17.4 Å². The lowest BCUT2D eigenvalue weighted by molar-refractivity contribution is -0.117. The van der Waals surface area contributed by atoms with E-state index in [2.05, 4.69) is 21.5 Å². The van der Waals surface area contributed by atoms with E-state index in [0.717, 1.165) is 0 Å². The number of aromatic nitrogens is 1. The number of carbonyl (C=O) groups excluding carboxylic acids is 1. The van der Waals surface area contributed by atoms with Crippen LogP contribution in [0.5, 0.6) is 0 Å². The predicted molar refractivity (Wildman–Crippen MR) is 53.7 cm³/mol. The van der Waals surface area contributed by atoms with Crippen molar-refractivity contribution in [1.29, 1.82) is 0 Å². The summed E-state index contributed by atoms with van der Waals surface area (Å²) >= 11 is 0. The van der Waals surface area contributed by atoms with Crippen LogP contribution in [0.15, 0.2) is 18.3 Å². The zero-order valence-corrected chi connectivity index (χ0v) is 7.45. The molecule has 0 radical (unpaired) electrons. The molecule has 2 rings (SSSR count). The fraction of sp³-hybridized carbons (Fsp3) is 0.200. The first-order valence-corrected chi connectivity index (χ1v) is 4.27. The third-order valence-electron chi connectivity index (χ3n) is 2.01. The van der Waals surface area contributed by atoms with Crippen LogP contribution >= 0.6 is 0 Å². The van der Waals surface area contributed by atoms with E-state index >= 15 is 0 Å². The Morgan fingerprint density at radius 2 is 2.50 bits per heavy atom. The van der Waals surface area contributed by atoms with Gasteiger partial charge in [0.2, 0.25) is 5.91 Å². The van der Waals surface area contributed by atoms with Crippen molar-refractivity contribution < 1.29 is 4.79 Å². The smallest absolute Gasteiger partial charge is 0.248 e. The van der Waals surface area contributed by atoms with E-state index in [-0.39, 0.29) is 11.9 Å². The lowest BCUT2D eigenvalue weighted by atomic mass is 10.1. The second-order valence-electron chi connectivity index (χ2n) is 2.99. The van der Waals surface area contributed by atoms with Crippen molar-refractivity contribution in [2.75, 3.05) is 10.6 Å². The molecule has 1 aliphatic heterocycles. The Hall–Kier alpha value is -2.02. The van der Waals surface area contributed by atoms with Crippen LogP contribution in [-0.2, 0) is 4.79 Å². The van der Waals surface area contributed by atoms with E-state index in [1.807, 2.05) is 0 Å². The monoisotopic (exact) mass is 187 g/mol. The minimum Gasteiger partial charge on any atom is -0.356 e. The molecule has 2 heterocycles. The number of hydrogen-bond donors (Lipinski definition) is 2. The van der Waals surface area contributed by atoms with E-state index < -0.39 is 0 Å². The zero-order chi connectivity index (χ0) is 9.97. The fourth-order valence-electron chi connectivity index (χ4n) is 1.33. The molecule has 1 aromatic rings. The molecule has 1 aromatic heterocycles. The number of carbonyl (C=O) groups is 1. The second-order valence-corrected chi connectivity index (χ2v) is 2.99. The molecule has 0 fully saturated rings. The Labute approximate surface area is 81.7 Å². The van der Waals surface area contributed by atoms with Crippen molar-refractivity contribution in [3.8, 4) is 12.3 Å². The van der Waals surface area contributed by atoms with Gasteiger partial charge in [-0.15, -0.1) is 12.3 Å². The molecule has 0 spiro atoms. The van der Waals surface area contributed by atoms with Crippen LogP contribution in [0, 0.1) is 12.3 Å². The van der Waals surface area contributed by atoms with Crippen LogP contribution in [0.3, 0.4) is 0 Å². The number of pyridine rings is 1. The van der Waals surface area contributed by atoms with Crippen LogP contribution < -0.4 is 10.6 Å². The van der Waals surface area contributed by atoms with Gasteiger partial charge in [-0.1, -0.05) is 0 Å². The lowest BCUT2D eigenvalue weighted by Crippen LogP contribution is -2.38. The third kappa shape index (κ3) is 1.40. The second kappa shape index (κ2) is 3.38. The van der Waals surface area contributed by atoms with Gasteiger partial charge in [0.05, 0.1) is 5.69 Å². The average Bonchev–Trinajstić information content (AvgIpc) is 2.19. The maximum atomic E-state index is 11.5. The van der Waals surface area contributed by atoms with Gasteiger partial charge >= 0.3 is 0 Å². The highest BCUT2D eigenvalue weighted by molar-refractivity contribution is 6.02. The summed E-state index contributed by atoms with van der Waals surface area (Å²) in [4.78, 5) is 15.5. The molecular weight excluding hydrogens is 178 g/mol. The van der Waals surface area contributed by atoms with Crippen molar-refractivity contribution in [1.82, 2.24) is 4.98 Å². The number of anilines is 2. The first-order valence-electron chi connectivity index (χ1n) is 4.27. The van der Waals surface area contributed by atoms with E-state index in [1.54, 1.807) is 18.3 Å². The van der Waals surface area contributed by atoms with E-state index in [0.29, 0.717) is 17.9 Å². The Balaban J connectivity index is 2.28. The molecule has 1 unspecified atom stereocenters. The summed E-state index contributed by atoms with van der Waals surface area (Å²) < 4.78 is 0. The van der Waals surface area contributed by atoms with Crippen LogP contribution in [-0.4, -0.2) is 16.9 Å². The number of terminal acetylenes is 1. The van der Waals surface area contributed by atoms with Gasteiger partial charge in [-0.25, -0.2) is 4.98 Å². The number of fused-ring (bicyclic) bond motifs is 1. The molecule has 1 atom stereocenters. The van der Waals surface area contributed by atoms with Crippen molar-refractivity contribution in [2.45, 2.75) is 12.5 Å². The zero-order valence-electron chi connectivity index (χ0n) is 7.45. The first kappa shape index (κ1) is 8.57. The summed E-state index contributed by atoms with van der Waals surface area (Å²) in [5.41, 5.74) is 0.700. The van der Waals surface area contributed by atoms with E-state index in [1.165, 1.54) is 0 Å². The highest BCUT2D eigenvalue weighted by Gasteiger charge is 2.24. The van der Waals surface area contributed by atoms with Crippen LogP contribution in [0.2, 0.25) is 0 Å². The first-order chi connectivity index (χ1) is 6.81. The maximum Gasteiger partial charge on any atom is 0.248 e. The normalized spacial score (nSPS) is 18.8. The number of nitrogens with zero attached hydrogens (tertiary/aromatic N) is 1. The largest absolute Gasteiger partial charge is 0.356 e. The van der Waals surface area contributed by atoms with Gasteiger partial charge in [-0.05, 0) is 12.1 Å². The van der Waals surface area contributed by atoms with Gasteiger partial charge in [0, 0.05) is 12.6 Å². The molecule has 0 aromatic carbocycles. The standard InChI is InChI=1S/C10H9N3O/c1-2-4-8-10(14)13-7-5-3-6-11-9(7)12-8/h1,3,5-6,8H,4H2,(H,11,12)(H,13,14). The number of amides is 1. The van der Waals surface area contributed by atoms with E-state index in [4.69, 9.17) is 6.42 Å². The van der Waals surface area contributed by atoms with Gasteiger partial charge < -0.3 is 10.6 Å². The molecule has 4 heteroatoms. The number of hydrogen-bond acceptors (Lipinski definition) is 3. The number of rotatable bonds is 1. The topological polar surface area (TPSA) is 54.0 Å². The third-order valence-corrected chi connectivity index (χ3v) is 2.01. The molecule has 0 saturated carbocycles. The van der Waals surface area contributed by atoms with Gasteiger partial charge in [-0.3, -0.25) is 4.79 Å². The molecule has 0 aliphatic carbocycles. The summed E-state index contributed by atoms with van der Waals surface area (Å²) in [6.07, 6.45) is 7.18. The predicted octanol–water partition coefficient (Wildman–Crippen LogP) is 0.837. The molecule has 1 aliphatic rings. The minimum absolute atomic E-state index is 0.108. The van der Waals surface area contributed by atoms with Gasteiger partial charge in [0.25, 0.3) is 0 Å². The minimum atomic E-state index is -0.373. The summed E-state index contributed by atoms with van der Waals surface area (Å²) in [6, 6.07) is 3.18. The molecule has 1 amide bonds. The molecule has 70 valence electrons. The highest BCUT2D eigenvalue weighted by Crippen LogP contribution is 2.23. The molecule has 14 heavy (non-hydrogen) atoms. The van der Waals surface area contributed by atoms with Gasteiger partial charge in [-0.2, -0.15) is 0 Å². The van der Waals surface area contributed by atoms with Crippen LogP contribution in [0.25, 0.3) is 0 Å². The van der Waals surface area contributed by atoms with Crippen LogP contribution in [0.4, 0.5) is 11.5 Å². The Kier molecular flexibility index (Phi) is 2.07. The van der Waals surface area contributed by atoms with Crippen LogP contribution in [0.1, 0.15) is 6.42 Å². The van der Waals surface area contributed by atoms with E-state index in [9.17, 15) is 4.79 Å². The molecule has 0 bridgehead atoms. The molecular formula is C10H9N3O. The molecule has 4 nitrogen and oxygen atoms in total. The quantitative estimate of drug-likeness (QED) is 0.640. The van der Waals surface area contributed by atoms with Crippen molar-refractivity contribution in [3.05, 3.63) is 18.3 Å². The Morgan fingerprint density at radius 3 is 3.29 bits per heavy atom. The summed E-state index contributed by atoms with van der Waals surface area (Å²) in [5, 5.41) is 5.72. The maximum absolute atomic E-state index is 11.5. The summed E-state index contributed by atoms with van der Waals surface area (Å²) in [5.74, 6) is 3.01. The summed E-state index contributed by atoms with van der Waals surface area (Å²) in [7, 11) is 0. The van der Waals surface area contributed by atoms with Crippen molar-refractivity contribution in [2.24, 2.45) is 0 Å². The van der Waals surface area contributed by atoms with Crippen molar-refractivity contribution in [3.63, 3.8) is 0 Å². The van der Waals surface area contributed by atoms with Gasteiger partial charge in [0.1, 0.15) is 11.9 Å². The fourth-order valence-corrected chi connectivity index (χ4v) is 1.33. The SMILES string of the molecule is C#CCC1Nc2ncccc2NC1=O. The lowest BCUT2D eigenvalue weighted by Gasteiger charge is -2.24.